The Hall–Kier alpha value is -2.92. The van der Waals surface area contributed by atoms with E-state index in [1.54, 1.807) is 24.3 Å². The highest BCUT2D eigenvalue weighted by Crippen LogP contribution is 2.15. The highest BCUT2D eigenvalue weighted by atomic mass is 19.1. The lowest BCUT2D eigenvalue weighted by Crippen LogP contribution is -2.06. The van der Waals surface area contributed by atoms with E-state index in [-0.39, 0.29) is 12.1 Å². The van der Waals surface area contributed by atoms with E-state index in [9.17, 15) is 4.39 Å². The van der Waals surface area contributed by atoms with E-state index in [0.29, 0.717) is 16.9 Å². The first-order chi connectivity index (χ1) is 9.63. The number of anilines is 1. The fraction of sp³-hybridized carbons (Fsp3) is 0.133. The standard InChI is InChI=1S/C15H11FN4/c1-10-2-4-12(8-18)15(20-10)19-9-13-5-3-11(7-17)6-14(13)16/h2-6H,9H2,1H3,(H,19,20). The zero-order valence-corrected chi connectivity index (χ0v) is 10.8. The number of nitrogens with zero attached hydrogens (tertiary/aromatic N) is 3. The van der Waals surface area contributed by atoms with E-state index in [2.05, 4.69) is 10.3 Å². The Morgan fingerprint density at radius 1 is 1.20 bits per heavy atom. The summed E-state index contributed by atoms with van der Waals surface area (Å²) in [7, 11) is 0. The van der Waals surface area contributed by atoms with Crippen LogP contribution >= 0.6 is 0 Å². The summed E-state index contributed by atoms with van der Waals surface area (Å²) in [6.07, 6.45) is 0. The molecule has 4 nitrogen and oxygen atoms in total. The van der Waals surface area contributed by atoms with Gasteiger partial charge in [-0.2, -0.15) is 10.5 Å². The number of nitrogens with one attached hydrogen (secondary N) is 1. The van der Waals surface area contributed by atoms with Crippen molar-refractivity contribution in [3.63, 3.8) is 0 Å². The molecule has 0 aliphatic heterocycles. The van der Waals surface area contributed by atoms with Gasteiger partial charge in [0.25, 0.3) is 0 Å². The fourth-order valence-electron chi connectivity index (χ4n) is 1.72. The second kappa shape index (κ2) is 5.81. The molecule has 0 aliphatic carbocycles. The molecular formula is C15H11FN4. The monoisotopic (exact) mass is 266 g/mol. The first-order valence-corrected chi connectivity index (χ1v) is 5.94. The van der Waals surface area contributed by atoms with Crippen LogP contribution in [0.1, 0.15) is 22.4 Å². The molecule has 20 heavy (non-hydrogen) atoms. The second-order valence-corrected chi connectivity index (χ2v) is 4.23. The van der Waals surface area contributed by atoms with Crippen molar-refractivity contribution in [2.45, 2.75) is 13.5 Å². The van der Waals surface area contributed by atoms with Gasteiger partial charge in [-0.15, -0.1) is 0 Å². The first kappa shape index (κ1) is 13.5. The van der Waals surface area contributed by atoms with Gasteiger partial charge >= 0.3 is 0 Å². The molecule has 0 radical (unpaired) electrons. The van der Waals surface area contributed by atoms with Crippen LogP contribution in [0.15, 0.2) is 30.3 Å². The minimum Gasteiger partial charge on any atom is -0.365 e. The highest BCUT2D eigenvalue weighted by Gasteiger charge is 2.07. The van der Waals surface area contributed by atoms with Crippen LogP contribution < -0.4 is 5.32 Å². The van der Waals surface area contributed by atoms with Gasteiger partial charge in [-0.1, -0.05) is 6.07 Å². The molecule has 0 unspecified atom stereocenters. The van der Waals surface area contributed by atoms with Gasteiger partial charge in [0.1, 0.15) is 17.7 Å². The van der Waals surface area contributed by atoms with Crippen LogP contribution in [0.2, 0.25) is 0 Å². The maximum absolute atomic E-state index is 13.7. The van der Waals surface area contributed by atoms with Crippen molar-refractivity contribution in [3.8, 4) is 12.1 Å². The highest BCUT2D eigenvalue weighted by molar-refractivity contribution is 5.52. The van der Waals surface area contributed by atoms with Crippen molar-refractivity contribution in [3.05, 3.63) is 58.5 Å². The number of halogens is 1. The van der Waals surface area contributed by atoms with E-state index in [1.807, 2.05) is 19.1 Å². The van der Waals surface area contributed by atoms with Crippen molar-refractivity contribution in [1.82, 2.24) is 4.98 Å². The minimum absolute atomic E-state index is 0.197. The van der Waals surface area contributed by atoms with Crippen LogP contribution in [-0.2, 0) is 6.54 Å². The molecule has 0 bridgehead atoms. The molecule has 1 heterocycles. The van der Waals surface area contributed by atoms with Crippen LogP contribution in [0, 0.1) is 35.4 Å². The Morgan fingerprint density at radius 2 is 2.00 bits per heavy atom. The van der Waals surface area contributed by atoms with E-state index < -0.39 is 5.82 Å². The summed E-state index contributed by atoms with van der Waals surface area (Å²) in [5, 5.41) is 20.6. The second-order valence-electron chi connectivity index (χ2n) is 4.23. The maximum atomic E-state index is 13.7. The van der Waals surface area contributed by atoms with Crippen LogP contribution in [0.3, 0.4) is 0 Å². The van der Waals surface area contributed by atoms with Gasteiger partial charge in [-0.3, -0.25) is 0 Å². The molecule has 0 fully saturated rings. The normalized spacial score (nSPS) is 9.60. The Labute approximate surface area is 116 Å². The van der Waals surface area contributed by atoms with Crippen LogP contribution in [0.25, 0.3) is 0 Å². The summed E-state index contributed by atoms with van der Waals surface area (Å²) < 4.78 is 13.7. The number of nitriles is 2. The summed E-state index contributed by atoms with van der Waals surface area (Å²) in [6, 6.07) is 11.6. The van der Waals surface area contributed by atoms with Gasteiger partial charge in [0.15, 0.2) is 0 Å². The predicted octanol–water partition coefficient (Wildman–Crippen LogP) is 2.88. The Kier molecular flexibility index (Phi) is 3.93. The molecule has 0 atom stereocenters. The van der Waals surface area contributed by atoms with E-state index >= 15 is 0 Å². The van der Waals surface area contributed by atoms with Gasteiger partial charge in [-0.25, -0.2) is 9.37 Å². The molecule has 0 amide bonds. The van der Waals surface area contributed by atoms with Crippen molar-refractivity contribution < 1.29 is 4.39 Å². The van der Waals surface area contributed by atoms with Gasteiger partial charge in [-0.05, 0) is 31.2 Å². The molecule has 0 aliphatic rings. The van der Waals surface area contributed by atoms with Crippen LogP contribution in [0.4, 0.5) is 10.2 Å². The summed E-state index contributed by atoms with van der Waals surface area (Å²) in [6.45, 7) is 2.01. The van der Waals surface area contributed by atoms with E-state index in [0.717, 1.165) is 5.69 Å². The number of benzene rings is 1. The smallest absolute Gasteiger partial charge is 0.144 e. The molecule has 5 heteroatoms. The molecule has 0 saturated carbocycles. The molecule has 98 valence electrons. The van der Waals surface area contributed by atoms with E-state index in [1.165, 1.54) is 6.07 Å². The van der Waals surface area contributed by atoms with Crippen molar-refractivity contribution in [2.24, 2.45) is 0 Å². The quantitative estimate of drug-likeness (QED) is 0.927. The minimum atomic E-state index is -0.456. The Bertz CT molecular complexity index is 726. The molecule has 2 aromatic rings. The zero-order valence-electron chi connectivity index (χ0n) is 10.8. The predicted molar refractivity (Wildman–Crippen MR) is 72.1 cm³/mol. The van der Waals surface area contributed by atoms with Gasteiger partial charge in [0, 0.05) is 17.8 Å². The van der Waals surface area contributed by atoms with Gasteiger partial charge < -0.3 is 5.32 Å². The summed E-state index contributed by atoms with van der Waals surface area (Å²) in [4.78, 5) is 4.21. The molecule has 1 aromatic carbocycles. The molecule has 1 aromatic heterocycles. The van der Waals surface area contributed by atoms with E-state index in [4.69, 9.17) is 10.5 Å². The van der Waals surface area contributed by atoms with Crippen molar-refractivity contribution in [1.29, 1.82) is 10.5 Å². The summed E-state index contributed by atoms with van der Waals surface area (Å²) in [5.74, 6) is -0.0287. The zero-order chi connectivity index (χ0) is 14.5. The summed E-state index contributed by atoms with van der Waals surface area (Å²) in [5.41, 5.74) is 1.87. The number of aryl methyl sites for hydroxylation is 1. The number of rotatable bonds is 3. The molecule has 0 saturated heterocycles. The van der Waals surface area contributed by atoms with Crippen LogP contribution in [0.5, 0.6) is 0 Å². The third-order valence-corrected chi connectivity index (χ3v) is 2.78. The SMILES string of the molecule is Cc1ccc(C#N)c(NCc2ccc(C#N)cc2F)n1. The average molecular weight is 266 g/mol. The maximum Gasteiger partial charge on any atom is 0.144 e. The number of pyridine rings is 1. The fourth-order valence-corrected chi connectivity index (χ4v) is 1.72. The molecule has 2 rings (SSSR count). The van der Waals surface area contributed by atoms with Crippen molar-refractivity contribution in [2.75, 3.05) is 5.32 Å². The first-order valence-electron chi connectivity index (χ1n) is 5.94. The lowest BCUT2D eigenvalue weighted by Gasteiger charge is -2.09. The summed E-state index contributed by atoms with van der Waals surface area (Å²) >= 11 is 0. The molecule has 1 N–H and O–H groups in total. The lowest BCUT2D eigenvalue weighted by atomic mass is 10.1. The molecular weight excluding hydrogens is 255 g/mol. The topological polar surface area (TPSA) is 72.5 Å². The number of aromatic nitrogens is 1. The third-order valence-electron chi connectivity index (χ3n) is 2.78. The Morgan fingerprint density at radius 3 is 2.65 bits per heavy atom. The number of hydrogen-bond acceptors (Lipinski definition) is 4. The third kappa shape index (κ3) is 2.90. The lowest BCUT2D eigenvalue weighted by molar-refractivity contribution is 0.612. The average Bonchev–Trinajstić information content (AvgIpc) is 2.46. The largest absolute Gasteiger partial charge is 0.365 e. The molecule has 0 spiro atoms. The number of hydrogen-bond donors (Lipinski definition) is 1. The van der Waals surface area contributed by atoms with Crippen molar-refractivity contribution >= 4 is 5.82 Å². The van der Waals surface area contributed by atoms with Crippen LogP contribution in [-0.4, -0.2) is 4.98 Å². The Balaban J connectivity index is 2.19. The van der Waals surface area contributed by atoms with Gasteiger partial charge in [0.05, 0.1) is 17.2 Å². The van der Waals surface area contributed by atoms with Gasteiger partial charge in [0.2, 0.25) is 0 Å².